The Bertz CT molecular complexity index is 1270. The van der Waals surface area contributed by atoms with Gasteiger partial charge in [-0.1, -0.05) is 0 Å². The van der Waals surface area contributed by atoms with Gasteiger partial charge in [-0.2, -0.15) is 18.4 Å². The third-order valence-corrected chi connectivity index (χ3v) is 7.58. The summed E-state index contributed by atoms with van der Waals surface area (Å²) in [7, 11) is 0. The van der Waals surface area contributed by atoms with Crippen molar-refractivity contribution < 1.29 is 18.0 Å². The van der Waals surface area contributed by atoms with Crippen LogP contribution >= 0.6 is 0 Å². The van der Waals surface area contributed by atoms with Gasteiger partial charge in [0.25, 0.3) is 0 Å². The molecule has 1 atom stereocenters. The van der Waals surface area contributed by atoms with Crippen molar-refractivity contribution in [2.45, 2.75) is 50.2 Å². The third kappa shape index (κ3) is 4.43. The van der Waals surface area contributed by atoms with E-state index in [1.807, 2.05) is 23.2 Å². The van der Waals surface area contributed by atoms with E-state index in [0.29, 0.717) is 36.9 Å². The first-order valence-corrected chi connectivity index (χ1v) is 12.5. The lowest BCUT2D eigenvalue weighted by molar-refractivity contribution is -0.163. The summed E-state index contributed by atoms with van der Waals surface area (Å²) in [5.74, 6) is 1.24. The quantitative estimate of drug-likeness (QED) is 0.636. The second-order valence-corrected chi connectivity index (χ2v) is 10.2. The molecule has 2 N–H and O–H groups in total. The highest BCUT2D eigenvalue weighted by atomic mass is 19.4. The van der Waals surface area contributed by atoms with Gasteiger partial charge in [-0.15, -0.1) is 0 Å². The van der Waals surface area contributed by atoms with E-state index in [1.165, 1.54) is 4.90 Å². The number of piperazine rings is 1. The molecule has 3 fully saturated rings. The van der Waals surface area contributed by atoms with Gasteiger partial charge in [-0.05, 0) is 55.4 Å². The van der Waals surface area contributed by atoms with Crippen molar-refractivity contribution in [1.29, 1.82) is 5.26 Å². The SMILES string of the molecule is N#Cc1cc(C2=Cc3cc[nH]c3NC2)c(C2CC2)nc1N1CCN(C(=O)CC(F)(F)F)[C@H](C2CC2)C1. The Labute approximate surface area is 207 Å². The van der Waals surface area contributed by atoms with Crippen LogP contribution in [0.4, 0.5) is 24.8 Å². The van der Waals surface area contributed by atoms with E-state index in [-0.39, 0.29) is 18.5 Å². The molecule has 2 aromatic heterocycles. The monoisotopic (exact) mass is 496 g/mol. The molecule has 0 spiro atoms. The molecule has 36 heavy (non-hydrogen) atoms. The molecule has 0 bridgehead atoms. The van der Waals surface area contributed by atoms with Gasteiger partial charge in [0.2, 0.25) is 5.91 Å². The number of nitriles is 1. The molecule has 2 aromatic rings. The van der Waals surface area contributed by atoms with Gasteiger partial charge in [0.15, 0.2) is 0 Å². The molecule has 7 nitrogen and oxygen atoms in total. The van der Waals surface area contributed by atoms with Crippen LogP contribution in [0.3, 0.4) is 0 Å². The minimum absolute atomic E-state index is 0.201. The van der Waals surface area contributed by atoms with Crippen molar-refractivity contribution in [3.63, 3.8) is 0 Å². The highest BCUT2D eigenvalue weighted by Crippen LogP contribution is 2.45. The number of carbonyl (C=O) groups excluding carboxylic acids is 1. The lowest BCUT2D eigenvalue weighted by Gasteiger charge is -2.42. The number of alkyl halides is 3. The fourth-order valence-corrected chi connectivity index (χ4v) is 5.49. The predicted octanol–water partition coefficient (Wildman–Crippen LogP) is 4.50. The van der Waals surface area contributed by atoms with Crippen LogP contribution in [0.25, 0.3) is 11.6 Å². The molecule has 0 radical (unpaired) electrons. The number of amides is 1. The van der Waals surface area contributed by atoms with Crippen LogP contribution in [-0.2, 0) is 4.79 Å². The van der Waals surface area contributed by atoms with Gasteiger partial charge in [-0.3, -0.25) is 4.79 Å². The van der Waals surface area contributed by atoms with Crippen molar-refractivity contribution in [2.24, 2.45) is 5.92 Å². The van der Waals surface area contributed by atoms with Gasteiger partial charge in [-0.25, -0.2) is 4.98 Å². The zero-order chi connectivity index (χ0) is 25.0. The summed E-state index contributed by atoms with van der Waals surface area (Å²) in [4.78, 5) is 24.1. The Morgan fingerprint density at radius 2 is 2.03 bits per heavy atom. The number of H-pyrrole nitrogens is 1. The molecule has 4 aliphatic rings. The summed E-state index contributed by atoms with van der Waals surface area (Å²) in [5, 5.41) is 13.4. The molecule has 188 valence electrons. The number of aromatic amines is 1. The molecule has 1 saturated heterocycles. The van der Waals surface area contributed by atoms with Crippen LogP contribution < -0.4 is 10.2 Å². The Hall–Kier alpha value is -3.48. The summed E-state index contributed by atoms with van der Waals surface area (Å²) in [6.45, 7) is 1.59. The number of carbonyl (C=O) groups is 1. The largest absolute Gasteiger partial charge is 0.397 e. The molecule has 0 unspecified atom stereocenters. The molecule has 2 aliphatic carbocycles. The molecular formula is C26H27F3N6O. The van der Waals surface area contributed by atoms with Crippen LogP contribution in [-0.4, -0.2) is 59.2 Å². The van der Waals surface area contributed by atoms with Crippen LogP contribution in [0.5, 0.6) is 0 Å². The summed E-state index contributed by atoms with van der Waals surface area (Å²) in [5.41, 5.74) is 4.56. The minimum atomic E-state index is -4.52. The van der Waals surface area contributed by atoms with E-state index in [2.05, 4.69) is 22.4 Å². The number of hydrogen-bond donors (Lipinski definition) is 2. The van der Waals surface area contributed by atoms with Crippen molar-refractivity contribution >= 4 is 29.2 Å². The van der Waals surface area contributed by atoms with E-state index in [1.54, 1.807) is 0 Å². The number of nitrogens with zero attached hydrogens (tertiary/aromatic N) is 4. The highest BCUT2D eigenvalue weighted by molar-refractivity contribution is 5.91. The van der Waals surface area contributed by atoms with Crippen LogP contribution in [0, 0.1) is 17.2 Å². The second kappa shape index (κ2) is 8.57. The van der Waals surface area contributed by atoms with E-state index in [9.17, 15) is 23.2 Å². The molecule has 4 heterocycles. The van der Waals surface area contributed by atoms with Crippen molar-refractivity contribution in [1.82, 2.24) is 14.9 Å². The van der Waals surface area contributed by atoms with Gasteiger partial charge >= 0.3 is 6.18 Å². The van der Waals surface area contributed by atoms with E-state index in [0.717, 1.165) is 53.9 Å². The van der Waals surface area contributed by atoms with Gasteiger partial charge < -0.3 is 20.1 Å². The standard InChI is InChI=1S/C26H27F3N6O/c27-26(28,29)11-22(36)35-8-7-34(14-21(35)15-1-2-15)25-18(12-30)10-20(23(33-25)16-3-4-16)19-9-17-5-6-31-24(17)32-13-19/h5-6,9-10,15-16,21,31-32H,1-4,7-8,11,13-14H2/t21-/m0/s1. The van der Waals surface area contributed by atoms with E-state index < -0.39 is 18.5 Å². The molecular weight excluding hydrogens is 469 g/mol. The Morgan fingerprint density at radius 1 is 1.22 bits per heavy atom. The number of pyridine rings is 1. The second-order valence-electron chi connectivity index (χ2n) is 10.2. The number of fused-ring (bicyclic) bond motifs is 1. The first kappa shape index (κ1) is 23.0. The zero-order valence-electron chi connectivity index (χ0n) is 19.7. The first-order valence-electron chi connectivity index (χ1n) is 12.5. The fraction of sp³-hybridized carbons (Fsp3) is 0.500. The Morgan fingerprint density at radius 3 is 2.72 bits per heavy atom. The predicted molar refractivity (Wildman–Crippen MR) is 129 cm³/mol. The lowest BCUT2D eigenvalue weighted by atomic mass is 9.95. The third-order valence-electron chi connectivity index (χ3n) is 7.58. The summed E-state index contributed by atoms with van der Waals surface area (Å²) in [6.07, 6.45) is 1.97. The number of rotatable bonds is 5. The minimum Gasteiger partial charge on any atom is -0.367 e. The molecule has 6 rings (SSSR count). The lowest BCUT2D eigenvalue weighted by Crippen LogP contribution is -2.57. The van der Waals surface area contributed by atoms with Crippen LogP contribution in [0.1, 0.15) is 60.4 Å². The van der Waals surface area contributed by atoms with Gasteiger partial charge in [0.05, 0.1) is 17.3 Å². The van der Waals surface area contributed by atoms with Crippen LogP contribution in [0.2, 0.25) is 0 Å². The Balaban J connectivity index is 1.31. The fourth-order valence-electron chi connectivity index (χ4n) is 5.49. The summed E-state index contributed by atoms with van der Waals surface area (Å²) >= 11 is 0. The average Bonchev–Trinajstić information content (AvgIpc) is 3.79. The number of halogens is 3. The van der Waals surface area contributed by atoms with Crippen molar-refractivity contribution in [3.05, 3.63) is 40.7 Å². The zero-order valence-corrected chi connectivity index (χ0v) is 19.7. The number of nitrogens with one attached hydrogen (secondary N) is 2. The van der Waals surface area contributed by atoms with E-state index >= 15 is 0 Å². The highest BCUT2D eigenvalue weighted by Gasteiger charge is 2.44. The van der Waals surface area contributed by atoms with Crippen LogP contribution in [0.15, 0.2) is 18.3 Å². The van der Waals surface area contributed by atoms with Gasteiger partial charge in [0.1, 0.15) is 24.1 Å². The Kier molecular flexibility index (Phi) is 5.47. The molecule has 10 heteroatoms. The van der Waals surface area contributed by atoms with Crippen molar-refractivity contribution in [2.75, 3.05) is 36.4 Å². The van der Waals surface area contributed by atoms with Crippen molar-refractivity contribution in [3.8, 4) is 6.07 Å². The van der Waals surface area contributed by atoms with E-state index in [4.69, 9.17) is 4.98 Å². The number of anilines is 2. The molecule has 1 amide bonds. The summed E-state index contributed by atoms with van der Waals surface area (Å²) < 4.78 is 38.7. The maximum absolute atomic E-state index is 12.9. The normalized spacial score (nSPS) is 21.9. The number of hydrogen-bond acceptors (Lipinski definition) is 5. The first-order chi connectivity index (χ1) is 17.3. The number of aromatic nitrogens is 2. The summed E-state index contributed by atoms with van der Waals surface area (Å²) in [6, 6.07) is 5.95. The maximum atomic E-state index is 12.9. The molecule has 2 aliphatic heterocycles. The van der Waals surface area contributed by atoms with Gasteiger partial charge in [0, 0.05) is 49.4 Å². The topological polar surface area (TPSA) is 88.0 Å². The molecule has 0 aromatic carbocycles. The smallest absolute Gasteiger partial charge is 0.367 e. The molecule has 2 saturated carbocycles. The average molecular weight is 497 g/mol. The maximum Gasteiger partial charge on any atom is 0.397 e.